The molecular weight excluding hydrogens is 294 g/mol. The van der Waals surface area contributed by atoms with Crippen LogP contribution in [0.15, 0.2) is 18.2 Å². The molecule has 1 aliphatic rings. The highest BCUT2D eigenvalue weighted by Gasteiger charge is 2.18. The lowest BCUT2D eigenvalue weighted by Crippen LogP contribution is -2.31. The second-order valence-corrected chi connectivity index (χ2v) is 5.04. The number of hydrogen-bond acceptors (Lipinski definition) is 4. The van der Waals surface area contributed by atoms with Gasteiger partial charge in [0.2, 0.25) is 0 Å². The molecule has 1 saturated heterocycles. The Morgan fingerprint density at radius 3 is 2.90 bits per heavy atom. The van der Waals surface area contributed by atoms with E-state index in [2.05, 4.69) is 10.6 Å². The summed E-state index contributed by atoms with van der Waals surface area (Å²) < 4.78 is 0. The van der Waals surface area contributed by atoms with E-state index in [4.69, 9.17) is 0 Å². The molecule has 1 heterocycles. The van der Waals surface area contributed by atoms with Crippen LogP contribution in [0.2, 0.25) is 0 Å². The lowest BCUT2D eigenvalue weighted by molar-refractivity contribution is -0.385. The van der Waals surface area contributed by atoms with Gasteiger partial charge in [-0.05, 0) is 38.8 Å². The Morgan fingerprint density at radius 2 is 2.29 bits per heavy atom. The lowest BCUT2D eigenvalue weighted by atomic mass is 10.1. The van der Waals surface area contributed by atoms with Crippen molar-refractivity contribution in [2.24, 2.45) is 0 Å². The summed E-state index contributed by atoms with van der Waals surface area (Å²) in [5, 5.41) is 17.0. The third-order valence-corrected chi connectivity index (χ3v) is 3.69. The number of nitrogens with zero attached hydrogens (tertiary/aromatic N) is 1. The summed E-state index contributed by atoms with van der Waals surface area (Å²) >= 11 is 0. The maximum atomic E-state index is 12.1. The highest BCUT2D eigenvalue weighted by molar-refractivity contribution is 5.96. The predicted molar refractivity (Wildman–Crippen MR) is 83.1 cm³/mol. The molecule has 6 nitrogen and oxygen atoms in total. The van der Waals surface area contributed by atoms with Gasteiger partial charge >= 0.3 is 0 Å². The molecule has 0 radical (unpaired) electrons. The van der Waals surface area contributed by atoms with Gasteiger partial charge in [-0.3, -0.25) is 14.9 Å². The second-order valence-electron chi connectivity index (χ2n) is 5.04. The topological polar surface area (TPSA) is 84.3 Å². The van der Waals surface area contributed by atoms with Crippen LogP contribution in [0, 0.1) is 17.0 Å². The fourth-order valence-corrected chi connectivity index (χ4v) is 2.53. The molecule has 1 atom stereocenters. The maximum absolute atomic E-state index is 12.1. The van der Waals surface area contributed by atoms with Crippen LogP contribution >= 0.6 is 12.4 Å². The van der Waals surface area contributed by atoms with Gasteiger partial charge in [0, 0.05) is 29.8 Å². The van der Waals surface area contributed by atoms with Crippen molar-refractivity contribution in [3.05, 3.63) is 39.4 Å². The summed E-state index contributed by atoms with van der Waals surface area (Å²) in [5.74, 6) is -0.246. The van der Waals surface area contributed by atoms with Gasteiger partial charge in [0.15, 0.2) is 0 Å². The lowest BCUT2D eigenvalue weighted by Gasteiger charge is -2.11. The molecule has 0 spiro atoms. The minimum absolute atomic E-state index is 0. The van der Waals surface area contributed by atoms with Crippen molar-refractivity contribution in [1.82, 2.24) is 10.6 Å². The van der Waals surface area contributed by atoms with E-state index >= 15 is 0 Å². The Bertz CT molecular complexity index is 516. The Morgan fingerprint density at radius 1 is 1.52 bits per heavy atom. The van der Waals surface area contributed by atoms with Crippen molar-refractivity contribution in [3.8, 4) is 0 Å². The van der Waals surface area contributed by atoms with Crippen LogP contribution in [0.4, 0.5) is 5.69 Å². The summed E-state index contributed by atoms with van der Waals surface area (Å²) in [4.78, 5) is 22.4. The number of rotatable bonds is 5. The highest BCUT2D eigenvalue weighted by atomic mass is 35.5. The molecule has 0 saturated carbocycles. The van der Waals surface area contributed by atoms with Gasteiger partial charge in [-0.25, -0.2) is 0 Å². The first kappa shape index (κ1) is 17.4. The smallest absolute Gasteiger partial charge is 0.273 e. The van der Waals surface area contributed by atoms with Crippen molar-refractivity contribution in [2.45, 2.75) is 32.2 Å². The van der Waals surface area contributed by atoms with Crippen LogP contribution in [0.5, 0.6) is 0 Å². The van der Waals surface area contributed by atoms with E-state index < -0.39 is 4.92 Å². The van der Waals surface area contributed by atoms with Crippen molar-refractivity contribution < 1.29 is 9.72 Å². The van der Waals surface area contributed by atoms with Crippen LogP contribution in [0.25, 0.3) is 0 Å². The standard InChI is InChI=1S/C14H19N3O3.ClH/c1-10-12(5-2-6-13(10)17(19)20)14(18)16-9-7-11-4-3-8-15-11;/h2,5-6,11,15H,3-4,7-9H2,1H3,(H,16,18);1H/t11-;/m1./s1. The molecule has 0 aliphatic carbocycles. The zero-order valence-electron chi connectivity index (χ0n) is 11.9. The Hall–Kier alpha value is -1.66. The molecule has 1 fully saturated rings. The number of carbonyl (C=O) groups excluding carboxylic acids is 1. The van der Waals surface area contributed by atoms with E-state index in [0.717, 1.165) is 19.4 Å². The first-order valence-electron chi connectivity index (χ1n) is 6.85. The molecular formula is C14H20ClN3O3. The number of benzene rings is 1. The van der Waals surface area contributed by atoms with E-state index in [-0.39, 0.29) is 24.0 Å². The van der Waals surface area contributed by atoms with E-state index in [9.17, 15) is 14.9 Å². The first-order valence-corrected chi connectivity index (χ1v) is 6.85. The summed E-state index contributed by atoms with van der Waals surface area (Å²) in [5.41, 5.74) is 0.766. The molecule has 0 unspecified atom stereocenters. The van der Waals surface area contributed by atoms with Gasteiger partial charge in [0.25, 0.3) is 11.6 Å². The average Bonchev–Trinajstić information content (AvgIpc) is 2.91. The quantitative estimate of drug-likeness (QED) is 0.644. The Kier molecular flexibility index (Phi) is 6.58. The first-order chi connectivity index (χ1) is 9.59. The number of hydrogen-bond donors (Lipinski definition) is 2. The molecule has 1 aromatic carbocycles. The maximum Gasteiger partial charge on any atom is 0.273 e. The molecule has 116 valence electrons. The molecule has 2 N–H and O–H groups in total. The monoisotopic (exact) mass is 313 g/mol. The summed E-state index contributed by atoms with van der Waals surface area (Å²) in [6.07, 6.45) is 3.22. The fraction of sp³-hybridized carbons (Fsp3) is 0.500. The zero-order chi connectivity index (χ0) is 14.5. The van der Waals surface area contributed by atoms with Gasteiger partial charge in [-0.2, -0.15) is 0 Å². The van der Waals surface area contributed by atoms with Crippen LogP contribution in [-0.2, 0) is 0 Å². The van der Waals surface area contributed by atoms with Crippen molar-refractivity contribution in [1.29, 1.82) is 0 Å². The van der Waals surface area contributed by atoms with Gasteiger partial charge < -0.3 is 10.6 Å². The van der Waals surface area contributed by atoms with E-state index in [1.807, 2.05) is 0 Å². The Labute approximate surface area is 129 Å². The Balaban J connectivity index is 0.00000220. The van der Waals surface area contributed by atoms with Crippen LogP contribution in [0.3, 0.4) is 0 Å². The number of nitro groups is 1. The molecule has 2 rings (SSSR count). The van der Waals surface area contributed by atoms with Crippen molar-refractivity contribution >= 4 is 24.0 Å². The van der Waals surface area contributed by atoms with Crippen molar-refractivity contribution in [2.75, 3.05) is 13.1 Å². The molecule has 1 aromatic rings. The summed E-state index contributed by atoms with van der Waals surface area (Å²) in [7, 11) is 0. The summed E-state index contributed by atoms with van der Waals surface area (Å²) in [6, 6.07) is 5.04. The van der Waals surface area contributed by atoms with Gasteiger partial charge in [0.1, 0.15) is 0 Å². The minimum atomic E-state index is -0.464. The van der Waals surface area contributed by atoms with Crippen LogP contribution in [-0.4, -0.2) is 30.0 Å². The zero-order valence-corrected chi connectivity index (χ0v) is 12.7. The number of halogens is 1. The molecule has 21 heavy (non-hydrogen) atoms. The van der Waals surface area contributed by atoms with Gasteiger partial charge in [0.05, 0.1) is 4.92 Å². The fourth-order valence-electron chi connectivity index (χ4n) is 2.53. The summed E-state index contributed by atoms with van der Waals surface area (Å²) in [6.45, 7) is 3.23. The van der Waals surface area contributed by atoms with Crippen LogP contribution in [0.1, 0.15) is 35.2 Å². The molecule has 1 aliphatic heterocycles. The van der Waals surface area contributed by atoms with Gasteiger partial charge in [-0.15, -0.1) is 12.4 Å². The minimum Gasteiger partial charge on any atom is -0.352 e. The second kappa shape index (κ2) is 7.95. The van der Waals surface area contributed by atoms with E-state index in [1.165, 1.54) is 12.5 Å². The van der Waals surface area contributed by atoms with E-state index in [1.54, 1.807) is 19.1 Å². The molecule has 7 heteroatoms. The van der Waals surface area contributed by atoms with Crippen LogP contribution < -0.4 is 10.6 Å². The normalized spacial score (nSPS) is 17.1. The predicted octanol–water partition coefficient (Wildman–Crippen LogP) is 2.20. The highest BCUT2D eigenvalue weighted by Crippen LogP contribution is 2.20. The largest absolute Gasteiger partial charge is 0.352 e. The molecule has 0 bridgehead atoms. The molecule has 0 aromatic heterocycles. The SMILES string of the molecule is Cc1c(C(=O)NCC[C@H]2CCCN2)cccc1[N+](=O)[O-].Cl. The third kappa shape index (κ3) is 4.41. The number of nitro benzene ring substituents is 1. The third-order valence-electron chi connectivity index (χ3n) is 3.69. The number of nitrogens with one attached hydrogen (secondary N) is 2. The average molecular weight is 314 g/mol. The van der Waals surface area contributed by atoms with E-state index in [0.29, 0.717) is 23.7 Å². The molecule has 1 amide bonds. The number of carbonyl (C=O) groups is 1. The van der Waals surface area contributed by atoms with Gasteiger partial charge in [-0.1, -0.05) is 6.07 Å². The van der Waals surface area contributed by atoms with Crippen molar-refractivity contribution in [3.63, 3.8) is 0 Å². The number of amides is 1.